The van der Waals surface area contributed by atoms with Crippen LogP contribution in [-0.2, 0) is 11.3 Å². The van der Waals surface area contributed by atoms with Gasteiger partial charge in [0.2, 0.25) is 0 Å². The fraction of sp³-hybridized carbons (Fsp3) is 0.385. The van der Waals surface area contributed by atoms with Crippen LogP contribution >= 0.6 is 12.2 Å². The minimum absolute atomic E-state index is 0.0363. The maximum absolute atomic E-state index is 12.2. The van der Waals surface area contributed by atoms with Gasteiger partial charge >= 0.3 is 0 Å². The molecule has 96 valence electrons. The number of H-pyrrole nitrogens is 1. The highest BCUT2D eigenvalue weighted by atomic mass is 32.1. The zero-order valence-corrected chi connectivity index (χ0v) is 11.1. The molecule has 2 aromatic rings. The van der Waals surface area contributed by atoms with Crippen molar-refractivity contribution in [3.8, 4) is 0 Å². The first-order valence-corrected chi connectivity index (χ1v) is 6.44. The predicted octanol–water partition coefficient (Wildman–Crippen LogP) is 2.49. The average Bonchev–Trinajstić information content (AvgIpc) is 2.38. The van der Waals surface area contributed by atoms with Crippen LogP contribution in [-0.4, -0.2) is 22.8 Å². The molecule has 0 aliphatic rings. The molecule has 0 unspecified atom stereocenters. The Morgan fingerprint density at radius 3 is 2.94 bits per heavy atom. The molecule has 1 aromatic heterocycles. The molecule has 18 heavy (non-hydrogen) atoms. The van der Waals surface area contributed by atoms with Gasteiger partial charge in [-0.3, -0.25) is 9.36 Å². The molecular formula is C13H16N2O2S. The van der Waals surface area contributed by atoms with E-state index in [-0.39, 0.29) is 5.56 Å². The van der Waals surface area contributed by atoms with Crippen molar-refractivity contribution < 1.29 is 4.74 Å². The van der Waals surface area contributed by atoms with E-state index in [4.69, 9.17) is 17.0 Å². The van der Waals surface area contributed by atoms with Crippen LogP contribution in [0.25, 0.3) is 10.9 Å². The number of rotatable bonds is 5. The summed E-state index contributed by atoms with van der Waals surface area (Å²) in [5.74, 6) is 0. The second-order valence-corrected chi connectivity index (χ2v) is 4.37. The van der Waals surface area contributed by atoms with Crippen LogP contribution in [0.4, 0.5) is 0 Å². The van der Waals surface area contributed by atoms with Crippen molar-refractivity contribution in [3.63, 3.8) is 0 Å². The Kier molecular flexibility index (Phi) is 4.28. The van der Waals surface area contributed by atoms with E-state index < -0.39 is 0 Å². The second-order valence-electron chi connectivity index (χ2n) is 3.98. The van der Waals surface area contributed by atoms with E-state index in [2.05, 4.69) is 4.98 Å². The largest absolute Gasteiger partial charge is 0.382 e. The van der Waals surface area contributed by atoms with Gasteiger partial charge in [-0.2, -0.15) is 0 Å². The fourth-order valence-electron chi connectivity index (χ4n) is 1.87. The standard InChI is InChI=1S/C13H16N2O2S/c1-2-17-9-5-8-15-12(16)10-6-3-4-7-11(10)14-13(15)18/h3-4,6-7H,2,5,8-9H2,1H3,(H,14,18). The van der Waals surface area contributed by atoms with Crippen LogP contribution < -0.4 is 5.56 Å². The molecule has 0 fully saturated rings. The first-order valence-electron chi connectivity index (χ1n) is 6.03. The molecule has 0 spiro atoms. The van der Waals surface area contributed by atoms with Gasteiger partial charge in [0.15, 0.2) is 4.77 Å². The van der Waals surface area contributed by atoms with Crippen molar-refractivity contribution in [2.75, 3.05) is 13.2 Å². The smallest absolute Gasteiger partial charge is 0.262 e. The third kappa shape index (κ3) is 2.68. The summed E-state index contributed by atoms with van der Waals surface area (Å²) in [6.07, 6.45) is 0.781. The molecular weight excluding hydrogens is 248 g/mol. The summed E-state index contributed by atoms with van der Waals surface area (Å²) in [5.41, 5.74) is 0.749. The number of hydrogen-bond donors (Lipinski definition) is 1. The van der Waals surface area contributed by atoms with Gasteiger partial charge in [0.1, 0.15) is 0 Å². The zero-order chi connectivity index (χ0) is 13.0. The van der Waals surface area contributed by atoms with Gasteiger partial charge in [0.05, 0.1) is 10.9 Å². The van der Waals surface area contributed by atoms with Gasteiger partial charge in [0, 0.05) is 19.8 Å². The number of aromatic amines is 1. The summed E-state index contributed by atoms with van der Waals surface area (Å²) in [5, 5.41) is 0.669. The molecule has 0 saturated carbocycles. The second kappa shape index (κ2) is 5.93. The van der Waals surface area contributed by atoms with Gasteiger partial charge < -0.3 is 9.72 Å². The number of benzene rings is 1. The highest BCUT2D eigenvalue weighted by Crippen LogP contribution is 2.06. The summed E-state index contributed by atoms with van der Waals surface area (Å²) in [6, 6.07) is 7.40. The molecule has 0 saturated heterocycles. The van der Waals surface area contributed by atoms with Crippen LogP contribution in [0.2, 0.25) is 0 Å². The van der Waals surface area contributed by atoms with Crippen molar-refractivity contribution in [2.24, 2.45) is 0 Å². The highest BCUT2D eigenvalue weighted by Gasteiger charge is 2.04. The maximum atomic E-state index is 12.2. The summed E-state index contributed by atoms with van der Waals surface area (Å²) < 4.78 is 7.32. The number of hydrogen-bond acceptors (Lipinski definition) is 3. The van der Waals surface area contributed by atoms with Crippen LogP contribution in [0.5, 0.6) is 0 Å². The molecule has 0 atom stereocenters. The Hall–Kier alpha value is -1.46. The van der Waals surface area contributed by atoms with E-state index >= 15 is 0 Å². The SMILES string of the molecule is CCOCCCn1c(=S)[nH]c2ccccc2c1=O. The minimum atomic E-state index is -0.0363. The molecule has 4 nitrogen and oxygen atoms in total. The first kappa shape index (κ1) is 13.0. The van der Waals surface area contributed by atoms with Crippen molar-refractivity contribution in [1.29, 1.82) is 0 Å². The lowest BCUT2D eigenvalue weighted by Gasteiger charge is -2.07. The van der Waals surface area contributed by atoms with E-state index in [1.807, 2.05) is 31.2 Å². The molecule has 1 N–H and O–H groups in total. The third-order valence-electron chi connectivity index (χ3n) is 2.76. The fourth-order valence-corrected chi connectivity index (χ4v) is 2.16. The molecule has 0 aliphatic heterocycles. The molecule has 5 heteroatoms. The number of nitrogens with zero attached hydrogens (tertiary/aromatic N) is 1. The topological polar surface area (TPSA) is 47.0 Å². The van der Waals surface area contributed by atoms with E-state index in [9.17, 15) is 4.79 Å². The summed E-state index contributed by atoms with van der Waals surface area (Å²) in [7, 11) is 0. The Morgan fingerprint density at radius 2 is 2.17 bits per heavy atom. The first-order chi connectivity index (χ1) is 8.74. The minimum Gasteiger partial charge on any atom is -0.382 e. The number of nitrogens with one attached hydrogen (secondary N) is 1. The van der Waals surface area contributed by atoms with Gasteiger partial charge in [-0.1, -0.05) is 12.1 Å². The van der Waals surface area contributed by atoms with E-state index in [0.717, 1.165) is 11.9 Å². The van der Waals surface area contributed by atoms with Crippen LogP contribution in [0.3, 0.4) is 0 Å². The monoisotopic (exact) mass is 264 g/mol. The molecule has 1 aromatic carbocycles. The molecule has 0 bridgehead atoms. The Labute approximate surface area is 110 Å². The quantitative estimate of drug-likeness (QED) is 0.666. The maximum Gasteiger partial charge on any atom is 0.262 e. The van der Waals surface area contributed by atoms with Crippen LogP contribution in [0.1, 0.15) is 13.3 Å². The lowest BCUT2D eigenvalue weighted by atomic mass is 10.2. The molecule has 0 amide bonds. The normalized spacial score (nSPS) is 10.9. The zero-order valence-electron chi connectivity index (χ0n) is 10.3. The molecule has 2 rings (SSSR count). The predicted molar refractivity (Wildman–Crippen MR) is 74.5 cm³/mol. The summed E-state index contributed by atoms with van der Waals surface area (Å²) >= 11 is 5.21. The van der Waals surface area contributed by atoms with Crippen molar-refractivity contribution in [3.05, 3.63) is 39.4 Å². The van der Waals surface area contributed by atoms with Gasteiger partial charge in [-0.05, 0) is 37.7 Å². The van der Waals surface area contributed by atoms with Gasteiger partial charge in [-0.25, -0.2) is 0 Å². The van der Waals surface area contributed by atoms with Crippen molar-refractivity contribution >= 4 is 23.1 Å². The highest BCUT2D eigenvalue weighted by molar-refractivity contribution is 7.71. The van der Waals surface area contributed by atoms with E-state index in [0.29, 0.717) is 29.9 Å². The Balaban J connectivity index is 2.33. The average molecular weight is 264 g/mol. The van der Waals surface area contributed by atoms with E-state index in [1.54, 1.807) is 4.57 Å². The van der Waals surface area contributed by atoms with Crippen molar-refractivity contribution in [2.45, 2.75) is 19.9 Å². The number of aromatic nitrogens is 2. The molecule has 1 heterocycles. The third-order valence-corrected chi connectivity index (χ3v) is 3.09. The van der Waals surface area contributed by atoms with Gasteiger partial charge in [0.25, 0.3) is 5.56 Å². The summed E-state index contributed by atoms with van der Waals surface area (Å²) in [6.45, 7) is 3.87. The lowest BCUT2D eigenvalue weighted by Crippen LogP contribution is -2.22. The van der Waals surface area contributed by atoms with Crippen LogP contribution in [0.15, 0.2) is 29.1 Å². The Bertz CT molecular complexity index is 645. The van der Waals surface area contributed by atoms with Crippen molar-refractivity contribution in [1.82, 2.24) is 9.55 Å². The molecule has 0 radical (unpaired) electrons. The van der Waals surface area contributed by atoms with Gasteiger partial charge in [-0.15, -0.1) is 0 Å². The number of para-hydroxylation sites is 1. The summed E-state index contributed by atoms with van der Waals surface area (Å²) in [4.78, 5) is 15.3. The Morgan fingerprint density at radius 1 is 1.39 bits per heavy atom. The number of ether oxygens (including phenoxy) is 1. The number of fused-ring (bicyclic) bond motifs is 1. The van der Waals surface area contributed by atoms with Crippen LogP contribution in [0, 0.1) is 4.77 Å². The molecule has 0 aliphatic carbocycles. The van der Waals surface area contributed by atoms with E-state index in [1.165, 1.54) is 0 Å². The lowest BCUT2D eigenvalue weighted by molar-refractivity contribution is 0.141.